The lowest BCUT2D eigenvalue weighted by atomic mass is 9.98. The summed E-state index contributed by atoms with van der Waals surface area (Å²) in [6, 6.07) is 10.4. The molecule has 3 aromatic rings. The number of hydrogen-bond acceptors (Lipinski definition) is 4. The standard InChI is InChI=1S/C25H26N4O2/c30-25-23-10-18(7-8-19(23)14-29(25)21-15-31-16-21)24-22(6-3-9-26-24)20-11-27-28(13-20)12-17-4-1-2-5-17/h3,6-11,13,17,21H,1-2,4-5,12,14-16H2. The summed E-state index contributed by atoms with van der Waals surface area (Å²) >= 11 is 0. The molecule has 1 amide bonds. The minimum Gasteiger partial charge on any atom is -0.377 e. The van der Waals surface area contributed by atoms with Crippen LogP contribution in [0.2, 0.25) is 0 Å². The van der Waals surface area contributed by atoms with Gasteiger partial charge in [0.25, 0.3) is 5.91 Å². The topological polar surface area (TPSA) is 60.2 Å². The summed E-state index contributed by atoms with van der Waals surface area (Å²) in [6.07, 6.45) is 11.2. The Morgan fingerprint density at radius 3 is 2.74 bits per heavy atom. The van der Waals surface area contributed by atoms with E-state index in [-0.39, 0.29) is 11.9 Å². The van der Waals surface area contributed by atoms with E-state index in [0.717, 1.165) is 46.0 Å². The molecule has 2 aromatic heterocycles. The summed E-state index contributed by atoms with van der Waals surface area (Å²) in [5.74, 6) is 0.847. The molecule has 6 rings (SSSR count). The number of rotatable bonds is 5. The normalized spacial score (nSPS) is 19.1. The molecule has 1 aliphatic carbocycles. The van der Waals surface area contributed by atoms with E-state index in [1.807, 2.05) is 29.4 Å². The number of pyridine rings is 1. The first-order valence-electron chi connectivity index (χ1n) is 11.3. The van der Waals surface area contributed by atoms with Crippen LogP contribution in [-0.4, -0.2) is 44.8 Å². The second-order valence-corrected chi connectivity index (χ2v) is 9.00. The second-order valence-electron chi connectivity index (χ2n) is 9.00. The fourth-order valence-corrected chi connectivity index (χ4v) is 5.10. The Hall–Kier alpha value is -2.99. The molecule has 1 saturated heterocycles. The summed E-state index contributed by atoms with van der Waals surface area (Å²) in [4.78, 5) is 19.6. The average molecular weight is 415 g/mol. The molecule has 0 spiro atoms. The molecule has 158 valence electrons. The molecule has 2 fully saturated rings. The fourth-order valence-electron chi connectivity index (χ4n) is 5.10. The Labute approximate surface area is 181 Å². The van der Waals surface area contributed by atoms with Crippen molar-refractivity contribution in [3.05, 3.63) is 60.0 Å². The zero-order valence-corrected chi connectivity index (χ0v) is 17.5. The number of nitrogens with zero attached hydrogens (tertiary/aromatic N) is 4. The molecule has 2 aliphatic heterocycles. The van der Waals surface area contributed by atoms with Crippen molar-refractivity contribution in [3.8, 4) is 22.4 Å². The van der Waals surface area contributed by atoms with Crippen LogP contribution in [0, 0.1) is 5.92 Å². The maximum atomic E-state index is 13.0. The molecule has 6 heteroatoms. The quantitative estimate of drug-likeness (QED) is 0.629. The third-order valence-electron chi connectivity index (χ3n) is 6.95. The van der Waals surface area contributed by atoms with Gasteiger partial charge in [-0.1, -0.05) is 31.0 Å². The molecule has 0 radical (unpaired) electrons. The Kier molecular flexibility index (Phi) is 4.60. The predicted octanol–water partition coefficient (Wildman–Crippen LogP) is 4.16. The summed E-state index contributed by atoms with van der Waals surface area (Å²) in [5, 5.41) is 4.62. The number of ether oxygens (including phenoxy) is 1. The van der Waals surface area contributed by atoms with Crippen molar-refractivity contribution in [2.45, 2.75) is 44.8 Å². The molecule has 31 heavy (non-hydrogen) atoms. The number of aromatic nitrogens is 3. The predicted molar refractivity (Wildman–Crippen MR) is 117 cm³/mol. The molecular formula is C25H26N4O2. The van der Waals surface area contributed by atoms with Gasteiger partial charge in [-0.2, -0.15) is 5.10 Å². The number of carbonyl (C=O) groups is 1. The van der Waals surface area contributed by atoms with E-state index < -0.39 is 0 Å². The first-order valence-corrected chi connectivity index (χ1v) is 11.3. The van der Waals surface area contributed by atoms with Crippen molar-refractivity contribution < 1.29 is 9.53 Å². The Bertz CT molecular complexity index is 1130. The molecule has 1 saturated carbocycles. The monoisotopic (exact) mass is 414 g/mol. The van der Waals surface area contributed by atoms with Crippen LogP contribution in [0.15, 0.2) is 48.9 Å². The lowest BCUT2D eigenvalue weighted by molar-refractivity contribution is -0.0540. The Morgan fingerprint density at radius 1 is 1.06 bits per heavy atom. The van der Waals surface area contributed by atoms with Crippen molar-refractivity contribution >= 4 is 5.91 Å². The fraction of sp³-hybridized carbons (Fsp3) is 0.400. The molecule has 3 aliphatic rings. The van der Waals surface area contributed by atoms with E-state index >= 15 is 0 Å². The molecule has 4 heterocycles. The summed E-state index contributed by atoms with van der Waals surface area (Å²) in [6.45, 7) is 2.94. The highest BCUT2D eigenvalue weighted by Gasteiger charge is 2.36. The minimum absolute atomic E-state index is 0.104. The van der Waals surface area contributed by atoms with E-state index in [4.69, 9.17) is 4.74 Å². The van der Waals surface area contributed by atoms with Crippen molar-refractivity contribution in [1.29, 1.82) is 0 Å². The molecule has 6 nitrogen and oxygen atoms in total. The molecule has 0 atom stereocenters. The van der Waals surface area contributed by atoms with E-state index in [9.17, 15) is 4.79 Å². The van der Waals surface area contributed by atoms with Crippen LogP contribution < -0.4 is 0 Å². The maximum Gasteiger partial charge on any atom is 0.254 e. The smallest absolute Gasteiger partial charge is 0.254 e. The van der Waals surface area contributed by atoms with Crippen LogP contribution in [0.25, 0.3) is 22.4 Å². The zero-order chi connectivity index (χ0) is 20.8. The molecule has 0 bridgehead atoms. The third-order valence-corrected chi connectivity index (χ3v) is 6.95. The van der Waals surface area contributed by atoms with Crippen molar-refractivity contribution in [2.24, 2.45) is 5.92 Å². The minimum atomic E-state index is 0.104. The van der Waals surface area contributed by atoms with Gasteiger partial charge in [-0.05, 0) is 36.5 Å². The number of fused-ring (bicyclic) bond motifs is 1. The molecular weight excluding hydrogens is 388 g/mol. The average Bonchev–Trinajstić information content (AvgIpc) is 3.50. The second kappa shape index (κ2) is 7.61. The van der Waals surface area contributed by atoms with E-state index in [1.54, 1.807) is 0 Å². The summed E-state index contributed by atoms with van der Waals surface area (Å²) in [7, 11) is 0. The number of carbonyl (C=O) groups excluding carboxylic acids is 1. The van der Waals surface area contributed by atoms with Crippen molar-refractivity contribution in [3.63, 3.8) is 0 Å². The SMILES string of the molecule is O=C1c2cc(-c3ncccc3-c3cnn(CC4CCCC4)c3)ccc2CN1C1COC1. The molecule has 0 unspecified atom stereocenters. The molecule has 0 N–H and O–H groups in total. The van der Waals surface area contributed by atoms with Gasteiger partial charge < -0.3 is 9.64 Å². The van der Waals surface area contributed by atoms with Crippen LogP contribution in [-0.2, 0) is 17.8 Å². The Morgan fingerprint density at radius 2 is 1.94 bits per heavy atom. The zero-order valence-electron chi connectivity index (χ0n) is 17.5. The lowest BCUT2D eigenvalue weighted by Crippen LogP contribution is -2.48. The van der Waals surface area contributed by atoms with Crippen LogP contribution >= 0.6 is 0 Å². The highest BCUT2D eigenvalue weighted by molar-refractivity contribution is 6.00. The number of benzene rings is 1. The van der Waals surface area contributed by atoms with Crippen LogP contribution in [0.4, 0.5) is 0 Å². The highest BCUT2D eigenvalue weighted by atomic mass is 16.5. The Balaban J connectivity index is 1.30. The summed E-state index contributed by atoms with van der Waals surface area (Å²) < 4.78 is 7.36. The molecule has 1 aromatic carbocycles. The third kappa shape index (κ3) is 3.35. The van der Waals surface area contributed by atoms with Crippen molar-refractivity contribution in [1.82, 2.24) is 19.7 Å². The van der Waals surface area contributed by atoms with Gasteiger partial charge in [-0.25, -0.2) is 0 Å². The summed E-state index contributed by atoms with van der Waals surface area (Å²) in [5.41, 5.74) is 5.86. The first-order chi connectivity index (χ1) is 15.3. The van der Waals surface area contributed by atoms with E-state index in [2.05, 4.69) is 39.2 Å². The first kappa shape index (κ1) is 18.8. The van der Waals surface area contributed by atoms with Crippen molar-refractivity contribution in [2.75, 3.05) is 13.2 Å². The van der Waals surface area contributed by atoms with Gasteiger partial charge in [0.1, 0.15) is 0 Å². The van der Waals surface area contributed by atoms with Crippen LogP contribution in [0.3, 0.4) is 0 Å². The number of amides is 1. The van der Waals surface area contributed by atoms with Crippen LogP contribution in [0.1, 0.15) is 41.6 Å². The van der Waals surface area contributed by atoms with Gasteiger partial charge >= 0.3 is 0 Å². The maximum absolute atomic E-state index is 13.0. The largest absolute Gasteiger partial charge is 0.377 e. The van der Waals surface area contributed by atoms with Gasteiger partial charge in [0.05, 0.1) is 31.1 Å². The van der Waals surface area contributed by atoms with Gasteiger partial charge in [0.15, 0.2) is 0 Å². The van der Waals surface area contributed by atoms with Gasteiger partial charge in [-0.3, -0.25) is 14.5 Å². The lowest BCUT2D eigenvalue weighted by Gasteiger charge is -2.34. The van der Waals surface area contributed by atoms with Gasteiger partial charge in [-0.15, -0.1) is 0 Å². The van der Waals surface area contributed by atoms with E-state index in [0.29, 0.717) is 19.8 Å². The van der Waals surface area contributed by atoms with Gasteiger partial charge in [0, 0.05) is 47.7 Å². The highest BCUT2D eigenvalue weighted by Crippen LogP contribution is 2.35. The number of hydrogen-bond donors (Lipinski definition) is 0. The van der Waals surface area contributed by atoms with Crippen LogP contribution in [0.5, 0.6) is 0 Å². The van der Waals surface area contributed by atoms with E-state index in [1.165, 1.54) is 25.7 Å². The van der Waals surface area contributed by atoms with Gasteiger partial charge in [0.2, 0.25) is 0 Å².